The van der Waals surface area contributed by atoms with E-state index in [0.29, 0.717) is 13.4 Å². The van der Waals surface area contributed by atoms with E-state index in [1.165, 1.54) is 0 Å². The fourth-order valence-electron chi connectivity index (χ4n) is 2.07. The van der Waals surface area contributed by atoms with Gasteiger partial charge in [0.05, 0.1) is 12.6 Å². The van der Waals surface area contributed by atoms with Crippen LogP contribution < -0.4 is 15.0 Å². The fourth-order valence-corrected chi connectivity index (χ4v) is 2.07. The molecule has 1 aliphatic heterocycles. The summed E-state index contributed by atoms with van der Waals surface area (Å²) in [5.74, 6) is 1.59. The minimum Gasteiger partial charge on any atom is -0.454 e. The van der Waals surface area contributed by atoms with Crippen LogP contribution in [0.1, 0.15) is 24.1 Å². The van der Waals surface area contributed by atoms with E-state index >= 15 is 0 Å². The van der Waals surface area contributed by atoms with Crippen molar-refractivity contribution in [1.29, 1.82) is 0 Å². The second-order valence-electron chi connectivity index (χ2n) is 4.73. The van der Waals surface area contributed by atoms with Crippen LogP contribution in [0.2, 0.25) is 0 Å². The predicted octanol–water partition coefficient (Wildman–Crippen LogP) is 3.20. The van der Waals surface area contributed by atoms with Gasteiger partial charge in [-0.25, -0.2) is 0 Å². The smallest absolute Gasteiger partial charge is 0.231 e. The number of rotatable bonds is 5. The van der Waals surface area contributed by atoms with Gasteiger partial charge in [0.1, 0.15) is 0 Å². The Balaban J connectivity index is 1.55. The Bertz CT molecular complexity index is 571. The van der Waals surface area contributed by atoms with Gasteiger partial charge in [-0.2, -0.15) is 5.48 Å². The quantitative estimate of drug-likeness (QED) is 0.848. The molecule has 0 aromatic heterocycles. The average molecular weight is 271 g/mol. The molecule has 1 N–H and O–H groups in total. The van der Waals surface area contributed by atoms with E-state index in [0.717, 1.165) is 22.6 Å². The van der Waals surface area contributed by atoms with Gasteiger partial charge in [0, 0.05) is 0 Å². The number of benzene rings is 2. The van der Waals surface area contributed by atoms with Crippen molar-refractivity contribution in [2.75, 3.05) is 6.79 Å². The lowest BCUT2D eigenvalue weighted by molar-refractivity contribution is 0.00695. The number of hydrogen-bond donors (Lipinski definition) is 1. The van der Waals surface area contributed by atoms with Gasteiger partial charge in [0.25, 0.3) is 0 Å². The van der Waals surface area contributed by atoms with Crippen molar-refractivity contribution < 1.29 is 14.3 Å². The Hall–Kier alpha value is -2.04. The van der Waals surface area contributed by atoms with Crippen molar-refractivity contribution in [3.8, 4) is 11.5 Å². The second-order valence-corrected chi connectivity index (χ2v) is 4.73. The van der Waals surface area contributed by atoms with Gasteiger partial charge in [0.15, 0.2) is 11.5 Å². The van der Waals surface area contributed by atoms with E-state index in [-0.39, 0.29) is 6.04 Å². The Morgan fingerprint density at radius 1 is 1.10 bits per heavy atom. The largest absolute Gasteiger partial charge is 0.454 e. The van der Waals surface area contributed by atoms with Gasteiger partial charge in [0.2, 0.25) is 6.79 Å². The summed E-state index contributed by atoms with van der Waals surface area (Å²) >= 11 is 0. The molecule has 0 spiro atoms. The third-order valence-electron chi connectivity index (χ3n) is 3.24. The number of ether oxygens (including phenoxy) is 2. The molecule has 0 radical (unpaired) electrons. The van der Waals surface area contributed by atoms with Gasteiger partial charge in [-0.05, 0) is 30.2 Å². The first-order valence-electron chi connectivity index (χ1n) is 6.64. The number of hydroxylamine groups is 1. The van der Waals surface area contributed by atoms with Crippen LogP contribution >= 0.6 is 0 Å². The predicted molar refractivity (Wildman–Crippen MR) is 75.3 cm³/mol. The summed E-state index contributed by atoms with van der Waals surface area (Å²) in [6.45, 7) is 2.88. The minimum atomic E-state index is 0.0770. The maximum Gasteiger partial charge on any atom is 0.231 e. The molecule has 2 aromatic rings. The van der Waals surface area contributed by atoms with E-state index < -0.39 is 0 Å². The van der Waals surface area contributed by atoms with Gasteiger partial charge < -0.3 is 9.47 Å². The second kappa shape index (κ2) is 5.94. The van der Waals surface area contributed by atoms with E-state index in [9.17, 15) is 0 Å². The van der Waals surface area contributed by atoms with Crippen LogP contribution in [0.15, 0.2) is 48.5 Å². The highest BCUT2D eigenvalue weighted by atomic mass is 16.7. The van der Waals surface area contributed by atoms with Crippen molar-refractivity contribution in [1.82, 2.24) is 5.48 Å². The molecule has 0 amide bonds. The Kier molecular flexibility index (Phi) is 3.85. The van der Waals surface area contributed by atoms with Gasteiger partial charge >= 0.3 is 0 Å². The van der Waals surface area contributed by atoms with Crippen LogP contribution in [0.3, 0.4) is 0 Å². The summed E-state index contributed by atoms with van der Waals surface area (Å²) in [4.78, 5) is 5.53. The van der Waals surface area contributed by atoms with Crippen LogP contribution in [0.5, 0.6) is 11.5 Å². The number of fused-ring (bicyclic) bond motifs is 1. The molecule has 1 unspecified atom stereocenters. The number of nitrogens with one attached hydrogen (secondary N) is 1. The first-order valence-corrected chi connectivity index (χ1v) is 6.64. The molecule has 0 saturated heterocycles. The molecule has 4 nitrogen and oxygen atoms in total. The van der Waals surface area contributed by atoms with Crippen molar-refractivity contribution in [2.24, 2.45) is 0 Å². The molecule has 4 heteroatoms. The van der Waals surface area contributed by atoms with Crippen LogP contribution in [0.25, 0.3) is 0 Å². The monoisotopic (exact) mass is 271 g/mol. The summed E-state index contributed by atoms with van der Waals surface area (Å²) in [6, 6.07) is 16.1. The summed E-state index contributed by atoms with van der Waals surface area (Å²) in [6.07, 6.45) is 0. The molecule has 0 bridgehead atoms. The highest BCUT2D eigenvalue weighted by molar-refractivity contribution is 5.45. The molecule has 1 aliphatic rings. The fraction of sp³-hybridized carbons (Fsp3) is 0.250. The minimum absolute atomic E-state index is 0.0770. The molecule has 3 rings (SSSR count). The summed E-state index contributed by atoms with van der Waals surface area (Å²) in [7, 11) is 0. The summed E-state index contributed by atoms with van der Waals surface area (Å²) < 4.78 is 10.7. The highest BCUT2D eigenvalue weighted by Crippen LogP contribution is 2.34. The van der Waals surface area contributed by atoms with Gasteiger partial charge in [-0.3, -0.25) is 4.84 Å². The maximum atomic E-state index is 5.53. The van der Waals surface area contributed by atoms with Crippen molar-refractivity contribution >= 4 is 0 Å². The Labute approximate surface area is 118 Å². The highest BCUT2D eigenvalue weighted by Gasteiger charge is 2.15. The molecule has 1 heterocycles. The molecular formula is C16H17NO3. The molecule has 104 valence electrons. The van der Waals surface area contributed by atoms with Crippen LogP contribution in [-0.4, -0.2) is 6.79 Å². The lowest BCUT2D eigenvalue weighted by Gasteiger charge is -2.14. The first kappa shape index (κ1) is 13.0. The number of hydrogen-bond acceptors (Lipinski definition) is 4. The third-order valence-corrected chi connectivity index (χ3v) is 3.24. The maximum absolute atomic E-state index is 5.53. The van der Waals surface area contributed by atoms with Gasteiger partial charge in [-0.1, -0.05) is 36.4 Å². The van der Waals surface area contributed by atoms with Crippen molar-refractivity contribution in [3.63, 3.8) is 0 Å². The molecule has 0 fully saturated rings. The standard InChI is InChI=1S/C16H17NO3/c1-12(17-20-10-13-5-3-2-4-6-13)14-7-8-15-16(9-14)19-11-18-15/h2-9,12,17H,10-11H2,1H3. The van der Waals surface area contributed by atoms with Crippen LogP contribution in [0, 0.1) is 0 Å². The topological polar surface area (TPSA) is 39.7 Å². The average Bonchev–Trinajstić information content (AvgIpc) is 2.95. The zero-order valence-electron chi connectivity index (χ0n) is 11.3. The summed E-state index contributed by atoms with van der Waals surface area (Å²) in [5, 5.41) is 0. The Morgan fingerprint density at radius 3 is 2.75 bits per heavy atom. The lowest BCUT2D eigenvalue weighted by Crippen LogP contribution is -2.18. The third kappa shape index (κ3) is 2.92. The van der Waals surface area contributed by atoms with Crippen molar-refractivity contribution in [3.05, 3.63) is 59.7 Å². The van der Waals surface area contributed by atoms with Crippen molar-refractivity contribution in [2.45, 2.75) is 19.6 Å². The van der Waals surface area contributed by atoms with E-state index in [4.69, 9.17) is 14.3 Å². The van der Waals surface area contributed by atoms with E-state index in [2.05, 4.69) is 5.48 Å². The SMILES string of the molecule is CC(NOCc1ccccc1)c1ccc2c(c1)OCO2. The zero-order valence-corrected chi connectivity index (χ0v) is 11.3. The summed E-state index contributed by atoms with van der Waals surface area (Å²) in [5.41, 5.74) is 5.28. The zero-order chi connectivity index (χ0) is 13.8. The van der Waals surface area contributed by atoms with E-state index in [1.807, 2.05) is 55.5 Å². The molecule has 0 saturated carbocycles. The molecule has 2 aromatic carbocycles. The molecule has 1 atom stereocenters. The molecular weight excluding hydrogens is 254 g/mol. The Morgan fingerprint density at radius 2 is 1.90 bits per heavy atom. The van der Waals surface area contributed by atoms with Gasteiger partial charge in [-0.15, -0.1) is 0 Å². The first-order chi connectivity index (χ1) is 9.83. The molecule has 0 aliphatic carbocycles. The van der Waals surface area contributed by atoms with E-state index in [1.54, 1.807) is 0 Å². The normalized spacial score (nSPS) is 14.2. The molecule has 20 heavy (non-hydrogen) atoms. The lowest BCUT2D eigenvalue weighted by atomic mass is 10.1. The van der Waals surface area contributed by atoms with Crippen LogP contribution in [-0.2, 0) is 11.4 Å². The van der Waals surface area contributed by atoms with Crippen LogP contribution in [0.4, 0.5) is 0 Å².